The number of benzene rings is 1. The molecular weight excluding hydrogens is 282 g/mol. The van der Waals surface area contributed by atoms with Gasteiger partial charge in [0, 0.05) is 6.26 Å². The smallest absolute Gasteiger partial charge is 0.342 e. The van der Waals surface area contributed by atoms with Gasteiger partial charge in [-0.1, -0.05) is 6.07 Å². The zero-order valence-electron chi connectivity index (χ0n) is 11.6. The van der Waals surface area contributed by atoms with E-state index < -0.39 is 15.8 Å². The molecule has 0 amide bonds. The zero-order chi connectivity index (χ0) is 15.2. The minimum Gasteiger partial charge on any atom is -0.491 e. The highest BCUT2D eigenvalue weighted by Gasteiger charge is 2.16. The second-order valence-corrected chi connectivity index (χ2v) is 6.54. The van der Waals surface area contributed by atoms with E-state index in [1.165, 1.54) is 0 Å². The highest BCUT2D eigenvalue weighted by atomic mass is 32.2. The van der Waals surface area contributed by atoms with Crippen molar-refractivity contribution in [2.45, 2.75) is 13.3 Å². The highest BCUT2D eigenvalue weighted by molar-refractivity contribution is 7.90. The molecule has 0 unspecified atom stereocenters. The molecule has 1 aromatic carbocycles. The monoisotopic (exact) mass is 301 g/mol. The zero-order valence-corrected chi connectivity index (χ0v) is 12.4. The fourth-order valence-electron chi connectivity index (χ4n) is 1.58. The maximum absolute atomic E-state index is 11.9. The van der Waals surface area contributed by atoms with E-state index in [9.17, 15) is 13.2 Å². The standard InChI is InChI=1S/C13H19NO5S/c1-3-18-12-10(6-4-7-11(12)14)13(15)19-8-5-9-20(2,16)17/h4,6-7H,3,5,8-9,14H2,1-2H3. The highest BCUT2D eigenvalue weighted by Crippen LogP contribution is 2.27. The van der Waals surface area contributed by atoms with Crippen LogP contribution >= 0.6 is 0 Å². The van der Waals surface area contributed by atoms with Crippen molar-refractivity contribution in [2.24, 2.45) is 0 Å². The Kier molecular flexibility index (Phi) is 5.82. The SMILES string of the molecule is CCOc1c(N)cccc1C(=O)OCCCS(C)(=O)=O. The molecule has 0 spiro atoms. The quantitative estimate of drug-likeness (QED) is 0.463. The van der Waals surface area contributed by atoms with E-state index in [1.54, 1.807) is 25.1 Å². The second kappa shape index (κ2) is 7.14. The molecule has 2 N–H and O–H groups in total. The van der Waals surface area contributed by atoms with Crippen LogP contribution in [0.4, 0.5) is 5.69 Å². The Morgan fingerprint density at radius 2 is 2.05 bits per heavy atom. The van der Waals surface area contributed by atoms with Gasteiger partial charge >= 0.3 is 5.97 Å². The fraction of sp³-hybridized carbons (Fsp3) is 0.462. The lowest BCUT2D eigenvalue weighted by Gasteiger charge is -2.12. The summed E-state index contributed by atoms with van der Waals surface area (Å²) in [6.45, 7) is 2.20. The number of anilines is 1. The summed E-state index contributed by atoms with van der Waals surface area (Å²) in [6.07, 6.45) is 1.40. The molecular formula is C13H19NO5S. The summed E-state index contributed by atoms with van der Waals surface area (Å²) in [4.78, 5) is 11.9. The number of sulfone groups is 1. The Balaban J connectivity index is 2.66. The average molecular weight is 301 g/mol. The normalized spacial score (nSPS) is 11.1. The van der Waals surface area contributed by atoms with Crippen molar-refractivity contribution in [3.63, 3.8) is 0 Å². The van der Waals surface area contributed by atoms with Gasteiger partial charge in [0.25, 0.3) is 0 Å². The van der Waals surface area contributed by atoms with Gasteiger partial charge in [-0.25, -0.2) is 13.2 Å². The van der Waals surface area contributed by atoms with Gasteiger partial charge in [-0.05, 0) is 25.5 Å². The fourth-order valence-corrected chi connectivity index (χ4v) is 2.23. The van der Waals surface area contributed by atoms with Gasteiger partial charge in [-0.15, -0.1) is 0 Å². The van der Waals surface area contributed by atoms with Crippen molar-refractivity contribution in [2.75, 3.05) is 31.0 Å². The van der Waals surface area contributed by atoms with Crippen LogP contribution in [0.3, 0.4) is 0 Å². The van der Waals surface area contributed by atoms with E-state index in [1.807, 2.05) is 0 Å². The molecule has 0 aliphatic rings. The van der Waals surface area contributed by atoms with Gasteiger partial charge in [0.2, 0.25) is 0 Å². The topological polar surface area (TPSA) is 95.7 Å². The number of nitrogens with two attached hydrogens (primary N) is 1. The van der Waals surface area contributed by atoms with Crippen LogP contribution in [-0.2, 0) is 14.6 Å². The lowest BCUT2D eigenvalue weighted by atomic mass is 10.1. The van der Waals surface area contributed by atoms with Gasteiger partial charge < -0.3 is 15.2 Å². The number of hydrogen-bond donors (Lipinski definition) is 1. The summed E-state index contributed by atoms with van der Waals surface area (Å²) in [6, 6.07) is 4.82. The predicted octanol–water partition coefficient (Wildman–Crippen LogP) is 1.26. The van der Waals surface area contributed by atoms with Crippen molar-refractivity contribution in [3.05, 3.63) is 23.8 Å². The molecule has 0 fully saturated rings. The van der Waals surface area contributed by atoms with Gasteiger partial charge in [0.1, 0.15) is 15.4 Å². The van der Waals surface area contributed by atoms with Gasteiger partial charge in [-0.3, -0.25) is 0 Å². The van der Waals surface area contributed by atoms with E-state index in [0.29, 0.717) is 18.0 Å². The number of ether oxygens (including phenoxy) is 2. The van der Waals surface area contributed by atoms with Crippen molar-refractivity contribution in [1.29, 1.82) is 0 Å². The number of para-hydroxylation sites is 1. The third-order valence-corrected chi connectivity index (χ3v) is 3.48. The first-order valence-electron chi connectivity index (χ1n) is 6.21. The molecule has 7 heteroatoms. The lowest BCUT2D eigenvalue weighted by molar-refractivity contribution is 0.0501. The van der Waals surface area contributed by atoms with E-state index >= 15 is 0 Å². The van der Waals surface area contributed by atoms with E-state index in [2.05, 4.69) is 0 Å². The molecule has 0 saturated carbocycles. The molecule has 0 saturated heterocycles. The molecule has 1 rings (SSSR count). The maximum atomic E-state index is 11.9. The predicted molar refractivity (Wildman–Crippen MR) is 76.6 cm³/mol. The second-order valence-electron chi connectivity index (χ2n) is 4.28. The first-order valence-corrected chi connectivity index (χ1v) is 8.27. The number of nitrogen functional groups attached to an aromatic ring is 1. The van der Waals surface area contributed by atoms with Crippen molar-refractivity contribution >= 4 is 21.5 Å². The van der Waals surface area contributed by atoms with Crippen LogP contribution in [0.5, 0.6) is 5.75 Å². The maximum Gasteiger partial charge on any atom is 0.342 e. The molecule has 6 nitrogen and oxygen atoms in total. The first-order chi connectivity index (χ1) is 9.35. The van der Waals surface area contributed by atoms with Gasteiger partial charge in [0.05, 0.1) is 24.7 Å². The summed E-state index contributed by atoms with van der Waals surface area (Å²) in [5.41, 5.74) is 6.35. The van der Waals surface area contributed by atoms with E-state index in [-0.39, 0.29) is 24.3 Å². The molecule has 0 aliphatic heterocycles. The molecule has 0 heterocycles. The summed E-state index contributed by atoms with van der Waals surface area (Å²) >= 11 is 0. The van der Waals surface area contributed by atoms with Gasteiger partial charge in [-0.2, -0.15) is 0 Å². The summed E-state index contributed by atoms with van der Waals surface area (Å²) in [5, 5.41) is 0. The number of carbonyl (C=O) groups excluding carboxylic acids is 1. The molecule has 20 heavy (non-hydrogen) atoms. The molecule has 0 aliphatic carbocycles. The molecule has 112 valence electrons. The first kappa shape index (κ1) is 16.3. The minimum atomic E-state index is -3.05. The van der Waals surface area contributed by atoms with E-state index in [4.69, 9.17) is 15.2 Å². The van der Waals surface area contributed by atoms with Crippen LogP contribution in [0.2, 0.25) is 0 Å². The van der Waals surface area contributed by atoms with E-state index in [0.717, 1.165) is 6.26 Å². The Bertz CT molecular complexity index is 568. The van der Waals surface area contributed by atoms with Crippen molar-refractivity contribution < 1.29 is 22.7 Å². The van der Waals surface area contributed by atoms with Crippen LogP contribution in [-0.4, -0.2) is 39.6 Å². The third kappa shape index (κ3) is 5.08. The van der Waals surface area contributed by atoms with Crippen molar-refractivity contribution in [3.8, 4) is 5.75 Å². The Morgan fingerprint density at radius 1 is 1.35 bits per heavy atom. The molecule has 0 bridgehead atoms. The average Bonchev–Trinajstić information content (AvgIpc) is 2.36. The summed E-state index contributed by atoms with van der Waals surface area (Å²) in [5.74, 6) is -0.299. The molecule has 0 aromatic heterocycles. The van der Waals surface area contributed by atoms with Gasteiger partial charge in [0.15, 0.2) is 5.75 Å². The number of carbonyl (C=O) groups is 1. The minimum absolute atomic E-state index is 0.0183. The number of hydrogen-bond acceptors (Lipinski definition) is 6. The van der Waals surface area contributed by atoms with Crippen LogP contribution < -0.4 is 10.5 Å². The number of rotatable bonds is 7. The molecule has 0 atom stereocenters. The lowest BCUT2D eigenvalue weighted by Crippen LogP contribution is -2.12. The summed E-state index contributed by atoms with van der Waals surface area (Å²) in [7, 11) is -3.05. The van der Waals surface area contributed by atoms with Crippen molar-refractivity contribution in [1.82, 2.24) is 0 Å². The van der Waals surface area contributed by atoms with Crippen LogP contribution in [0, 0.1) is 0 Å². The van der Waals surface area contributed by atoms with Crippen LogP contribution in [0.25, 0.3) is 0 Å². The Hall–Kier alpha value is -1.76. The van der Waals surface area contributed by atoms with Crippen LogP contribution in [0.1, 0.15) is 23.7 Å². The third-order valence-electron chi connectivity index (χ3n) is 2.45. The molecule has 1 aromatic rings. The summed E-state index contributed by atoms with van der Waals surface area (Å²) < 4.78 is 32.3. The molecule has 0 radical (unpaired) electrons. The Morgan fingerprint density at radius 3 is 2.65 bits per heavy atom. The van der Waals surface area contributed by atoms with Crippen LogP contribution in [0.15, 0.2) is 18.2 Å². The largest absolute Gasteiger partial charge is 0.491 e. The Labute approximate surface area is 118 Å². The number of esters is 1.